The molecule has 0 amide bonds. The van der Waals surface area contributed by atoms with E-state index in [9.17, 15) is 5.11 Å². The van der Waals surface area contributed by atoms with Gasteiger partial charge in [0.05, 0.1) is 6.10 Å². The Labute approximate surface area is 101 Å². The van der Waals surface area contributed by atoms with E-state index >= 15 is 0 Å². The van der Waals surface area contributed by atoms with Crippen LogP contribution in [0.2, 0.25) is 0 Å². The Bertz CT molecular complexity index is 182. The SMILES string of the molecule is CC1CCCC(CNCCC(O)C(C)C)C1. The molecular formula is C14H29NO. The monoisotopic (exact) mass is 227 g/mol. The van der Waals surface area contributed by atoms with E-state index in [1.165, 1.54) is 25.7 Å². The van der Waals surface area contributed by atoms with Crippen molar-refractivity contribution in [3.05, 3.63) is 0 Å². The van der Waals surface area contributed by atoms with Crippen LogP contribution in [0.5, 0.6) is 0 Å². The molecule has 0 radical (unpaired) electrons. The van der Waals surface area contributed by atoms with Crippen LogP contribution >= 0.6 is 0 Å². The fourth-order valence-electron chi connectivity index (χ4n) is 2.63. The van der Waals surface area contributed by atoms with Crippen LogP contribution < -0.4 is 5.32 Å². The van der Waals surface area contributed by atoms with Crippen LogP contribution in [0.25, 0.3) is 0 Å². The third-order valence-electron chi connectivity index (χ3n) is 3.86. The van der Waals surface area contributed by atoms with Crippen molar-refractivity contribution < 1.29 is 5.11 Å². The van der Waals surface area contributed by atoms with Crippen molar-refractivity contribution in [1.29, 1.82) is 0 Å². The van der Waals surface area contributed by atoms with Crippen molar-refractivity contribution in [2.75, 3.05) is 13.1 Å². The van der Waals surface area contributed by atoms with Crippen LogP contribution in [0.4, 0.5) is 0 Å². The number of hydrogen-bond acceptors (Lipinski definition) is 2. The molecule has 96 valence electrons. The minimum absolute atomic E-state index is 0.141. The van der Waals surface area contributed by atoms with Gasteiger partial charge in [0.25, 0.3) is 0 Å². The van der Waals surface area contributed by atoms with Gasteiger partial charge in [-0.05, 0) is 50.1 Å². The van der Waals surface area contributed by atoms with Gasteiger partial charge in [0, 0.05) is 0 Å². The van der Waals surface area contributed by atoms with E-state index in [-0.39, 0.29) is 6.10 Å². The zero-order valence-electron chi connectivity index (χ0n) is 11.2. The topological polar surface area (TPSA) is 32.3 Å². The van der Waals surface area contributed by atoms with E-state index in [1.54, 1.807) is 0 Å². The second kappa shape index (κ2) is 7.29. The minimum atomic E-state index is -0.141. The van der Waals surface area contributed by atoms with E-state index in [4.69, 9.17) is 0 Å². The molecule has 1 fully saturated rings. The molecule has 0 spiro atoms. The normalized spacial score (nSPS) is 28.3. The largest absolute Gasteiger partial charge is 0.393 e. The molecule has 1 aliphatic rings. The predicted octanol–water partition coefficient (Wildman–Crippen LogP) is 2.81. The Hall–Kier alpha value is -0.0800. The number of rotatable bonds is 6. The standard InChI is InChI=1S/C14H29NO/c1-11(2)14(16)7-8-15-10-13-6-4-5-12(3)9-13/h11-16H,4-10H2,1-3H3. The van der Waals surface area contributed by atoms with Gasteiger partial charge in [0.15, 0.2) is 0 Å². The van der Waals surface area contributed by atoms with Crippen molar-refractivity contribution >= 4 is 0 Å². The van der Waals surface area contributed by atoms with Crippen molar-refractivity contribution in [3.8, 4) is 0 Å². The predicted molar refractivity (Wildman–Crippen MR) is 69.5 cm³/mol. The molecule has 3 unspecified atom stereocenters. The molecule has 0 saturated heterocycles. The van der Waals surface area contributed by atoms with E-state index in [1.807, 2.05) is 0 Å². The maximum Gasteiger partial charge on any atom is 0.0575 e. The fourth-order valence-corrected chi connectivity index (χ4v) is 2.63. The molecule has 0 aliphatic heterocycles. The highest BCUT2D eigenvalue weighted by atomic mass is 16.3. The van der Waals surface area contributed by atoms with Crippen LogP contribution in [-0.4, -0.2) is 24.3 Å². The molecule has 2 N–H and O–H groups in total. The first-order valence-electron chi connectivity index (χ1n) is 6.98. The Morgan fingerprint density at radius 3 is 2.69 bits per heavy atom. The third kappa shape index (κ3) is 5.31. The van der Waals surface area contributed by atoms with E-state index in [0.29, 0.717) is 5.92 Å². The van der Waals surface area contributed by atoms with Crippen molar-refractivity contribution in [1.82, 2.24) is 5.32 Å². The average molecular weight is 227 g/mol. The maximum absolute atomic E-state index is 9.67. The average Bonchev–Trinajstić information content (AvgIpc) is 2.24. The number of nitrogens with one attached hydrogen (secondary N) is 1. The molecule has 0 aromatic rings. The van der Waals surface area contributed by atoms with Gasteiger partial charge >= 0.3 is 0 Å². The lowest BCUT2D eigenvalue weighted by Crippen LogP contribution is -2.29. The molecule has 2 nitrogen and oxygen atoms in total. The molecule has 0 heterocycles. The first-order valence-corrected chi connectivity index (χ1v) is 6.98. The molecule has 2 heteroatoms. The van der Waals surface area contributed by atoms with Gasteiger partial charge in [-0.15, -0.1) is 0 Å². The summed E-state index contributed by atoms with van der Waals surface area (Å²) in [7, 11) is 0. The minimum Gasteiger partial charge on any atom is -0.393 e. The van der Waals surface area contributed by atoms with E-state index in [0.717, 1.165) is 31.3 Å². The Kier molecular flexibility index (Phi) is 6.37. The Balaban J connectivity index is 2.02. The molecule has 1 aliphatic carbocycles. The summed E-state index contributed by atoms with van der Waals surface area (Å²) >= 11 is 0. The Morgan fingerprint density at radius 2 is 2.06 bits per heavy atom. The summed E-state index contributed by atoms with van der Waals surface area (Å²) < 4.78 is 0. The van der Waals surface area contributed by atoms with Gasteiger partial charge in [-0.2, -0.15) is 0 Å². The van der Waals surface area contributed by atoms with Gasteiger partial charge in [-0.3, -0.25) is 0 Å². The molecule has 16 heavy (non-hydrogen) atoms. The van der Waals surface area contributed by atoms with Crippen molar-refractivity contribution in [2.45, 2.75) is 59.0 Å². The lowest BCUT2D eigenvalue weighted by molar-refractivity contribution is 0.115. The molecule has 3 atom stereocenters. The second-order valence-electron chi connectivity index (χ2n) is 5.94. The molecule has 1 saturated carbocycles. The van der Waals surface area contributed by atoms with Gasteiger partial charge in [0.2, 0.25) is 0 Å². The van der Waals surface area contributed by atoms with Gasteiger partial charge in [-0.25, -0.2) is 0 Å². The third-order valence-corrected chi connectivity index (χ3v) is 3.86. The summed E-state index contributed by atoms with van der Waals surface area (Å²) in [5.74, 6) is 2.18. The lowest BCUT2D eigenvalue weighted by Gasteiger charge is -2.27. The maximum atomic E-state index is 9.67. The molecule has 0 aromatic heterocycles. The van der Waals surface area contributed by atoms with Gasteiger partial charge in [-0.1, -0.05) is 33.6 Å². The lowest BCUT2D eigenvalue weighted by atomic mass is 9.82. The fraction of sp³-hybridized carbons (Fsp3) is 1.00. The van der Waals surface area contributed by atoms with E-state index in [2.05, 4.69) is 26.1 Å². The summed E-state index contributed by atoms with van der Waals surface area (Å²) in [6.45, 7) is 8.63. The second-order valence-corrected chi connectivity index (χ2v) is 5.94. The van der Waals surface area contributed by atoms with Crippen molar-refractivity contribution in [2.24, 2.45) is 17.8 Å². The smallest absolute Gasteiger partial charge is 0.0575 e. The number of aliphatic hydroxyl groups excluding tert-OH is 1. The van der Waals surface area contributed by atoms with Crippen LogP contribution in [-0.2, 0) is 0 Å². The molecule has 0 aromatic carbocycles. The van der Waals surface area contributed by atoms with Crippen LogP contribution in [0.15, 0.2) is 0 Å². The first kappa shape index (κ1) is 14.0. The van der Waals surface area contributed by atoms with Crippen molar-refractivity contribution in [3.63, 3.8) is 0 Å². The quantitative estimate of drug-likeness (QED) is 0.684. The molecule has 1 rings (SSSR count). The Morgan fingerprint density at radius 1 is 1.31 bits per heavy atom. The summed E-state index contributed by atoms with van der Waals surface area (Å²) in [4.78, 5) is 0. The van der Waals surface area contributed by atoms with Crippen LogP contribution in [0.3, 0.4) is 0 Å². The van der Waals surface area contributed by atoms with E-state index < -0.39 is 0 Å². The van der Waals surface area contributed by atoms with Crippen LogP contribution in [0.1, 0.15) is 52.9 Å². The summed E-state index contributed by atoms with van der Waals surface area (Å²) in [5, 5.41) is 13.2. The molecule has 0 bridgehead atoms. The number of hydrogen-bond donors (Lipinski definition) is 2. The summed E-state index contributed by atoms with van der Waals surface area (Å²) in [6.07, 6.45) is 6.35. The van der Waals surface area contributed by atoms with Crippen LogP contribution in [0, 0.1) is 17.8 Å². The van der Waals surface area contributed by atoms with Gasteiger partial charge < -0.3 is 10.4 Å². The summed E-state index contributed by atoms with van der Waals surface area (Å²) in [5.41, 5.74) is 0. The zero-order valence-corrected chi connectivity index (χ0v) is 11.2. The highest BCUT2D eigenvalue weighted by Gasteiger charge is 2.18. The first-order chi connectivity index (χ1) is 7.59. The highest BCUT2D eigenvalue weighted by molar-refractivity contribution is 4.72. The number of aliphatic hydroxyl groups is 1. The zero-order chi connectivity index (χ0) is 12.0. The summed E-state index contributed by atoms with van der Waals surface area (Å²) in [6, 6.07) is 0. The highest BCUT2D eigenvalue weighted by Crippen LogP contribution is 2.27. The van der Waals surface area contributed by atoms with Gasteiger partial charge in [0.1, 0.15) is 0 Å². The molecular weight excluding hydrogens is 198 g/mol.